The SMILES string of the molecule is C[C@@H](OC(=O)[C@H](CC(C)(C)C)N(C)C(=O)[C@@H](Cc1ccc(C2CCOCC2)cc1)OC[C@H](CC(C)(C)F)N(C)C(=O)[C@@H](C)OC(=O)[C@H](CC(C)(C)C)N(C)C(=O)[C@@H](Cc1ccc(C2CCOCC2)cc1)OC(=O)[C@H](CC(C)(C)F)N(C)C(=O)OC(C)(C)C)C(=O)OCc1ccccc1. The van der Waals surface area contributed by atoms with Gasteiger partial charge >= 0.3 is 30.0 Å². The van der Waals surface area contributed by atoms with Gasteiger partial charge in [0.05, 0.1) is 12.6 Å². The third kappa shape index (κ3) is 26.9. The van der Waals surface area contributed by atoms with Crippen LogP contribution >= 0.6 is 0 Å². The summed E-state index contributed by atoms with van der Waals surface area (Å²) in [5, 5.41) is 0. The third-order valence-corrected chi connectivity index (χ3v) is 17.5. The Morgan fingerprint density at radius 1 is 0.469 bits per heavy atom. The number of hydrogen-bond acceptors (Lipinski definition) is 16. The van der Waals surface area contributed by atoms with E-state index in [9.17, 15) is 28.8 Å². The van der Waals surface area contributed by atoms with E-state index in [1.807, 2.05) is 96.1 Å². The minimum absolute atomic E-state index is 0.0159. The fraction of sp³-hybridized carbons (Fsp3) is 0.658. The molecule has 2 saturated heterocycles. The highest BCUT2D eigenvalue weighted by molar-refractivity contribution is 5.91. The minimum atomic E-state index is -2.01. The lowest BCUT2D eigenvalue weighted by Gasteiger charge is -2.37. The van der Waals surface area contributed by atoms with Crippen molar-refractivity contribution in [1.82, 2.24) is 19.6 Å². The lowest BCUT2D eigenvalue weighted by molar-refractivity contribution is -0.173. The van der Waals surface area contributed by atoms with Gasteiger partial charge in [-0.05, 0) is 151 Å². The molecule has 0 aromatic heterocycles. The smallest absolute Gasteiger partial charge is 0.410 e. The van der Waals surface area contributed by atoms with E-state index in [1.54, 1.807) is 45.0 Å². The van der Waals surface area contributed by atoms with Gasteiger partial charge in [0.25, 0.3) is 17.7 Å². The van der Waals surface area contributed by atoms with Crippen molar-refractivity contribution in [3.05, 3.63) is 107 Å². The number of rotatable bonds is 31. The average molecular weight is 1380 g/mol. The molecule has 2 aliphatic heterocycles. The van der Waals surface area contributed by atoms with Gasteiger partial charge in [0.15, 0.2) is 18.3 Å². The molecule has 3 aromatic rings. The van der Waals surface area contributed by atoms with E-state index in [0.717, 1.165) is 52.2 Å². The molecule has 4 amide bonds. The van der Waals surface area contributed by atoms with Gasteiger partial charge in [0, 0.05) is 80.3 Å². The monoisotopic (exact) mass is 1370 g/mol. The molecule has 0 bridgehead atoms. The Morgan fingerprint density at radius 3 is 1.31 bits per heavy atom. The highest BCUT2D eigenvalue weighted by Crippen LogP contribution is 2.33. The number of ether oxygens (including phenoxy) is 8. The summed E-state index contributed by atoms with van der Waals surface area (Å²) in [6.45, 7) is 26.1. The normalized spacial score (nSPS) is 16.9. The van der Waals surface area contributed by atoms with Crippen molar-refractivity contribution in [3.63, 3.8) is 0 Å². The van der Waals surface area contributed by atoms with Gasteiger partial charge < -0.3 is 52.6 Å². The van der Waals surface area contributed by atoms with Crippen LogP contribution in [0.25, 0.3) is 0 Å². The summed E-state index contributed by atoms with van der Waals surface area (Å²) in [6.07, 6.45) is -4.41. The van der Waals surface area contributed by atoms with Crippen LogP contribution in [-0.2, 0) is 90.9 Å². The molecule has 98 heavy (non-hydrogen) atoms. The number of nitrogens with zero attached hydrogens (tertiary/aromatic N) is 4. The molecular formula is C76H112F2N4O16. The molecule has 0 radical (unpaired) electrons. The Kier molecular flexibility index (Phi) is 29.8. The molecule has 0 spiro atoms. The summed E-state index contributed by atoms with van der Waals surface area (Å²) in [5.41, 5.74) is -1.95. The summed E-state index contributed by atoms with van der Waals surface area (Å²) in [7, 11) is 5.49. The second kappa shape index (κ2) is 35.8. The van der Waals surface area contributed by atoms with E-state index in [4.69, 9.17) is 37.9 Å². The topological polar surface area (TPSA) is 223 Å². The zero-order valence-electron chi connectivity index (χ0n) is 61.7. The molecule has 2 aliphatic rings. The number of likely N-dealkylation sites (N-methyl/N-ethyl adjacent to an activating group) is 4. The standard InChI is InChI=1S/C76H112F2N4O16/c1-49(95-68(87)59(44-72(3,4)5)81(18)66(85)63(42-52-27-31-55(32-28-52)57-35-39-92-40-36-57)97-70(89)61(46-76(14,15)78)82(19)71(90)98-74(9,10)11)64(83)79(16)58(43-75(12,13)77)48-93-62(41-51-25-29-54(30-26-51)56-33-37-91-38-34-56)65(84)80(17)60(45-73(6,7)8)69(88)96-50(2)67(86)94-47-53-23-21-20-22-24-53/h20-32,49-50,56-63H,33-48H2,1-19H3/t49-,50-,58+,59+,60+,61+,62-,63-/m1/s1. The predicted molar refractivity (Wildman–Crippen MR) is 368 cm³/mol. The minimum Gasteiger partial charge on any atom is -0.458 e. The van der Waals surface area contributed by atoms with Crippen molar-refractivity contribution >= 4 is 47.7 Å². The molecule has 2 fully saturated rings. The zero-order chi connectivity index (χ0) is 73.3. The van der Waals surface area contributed by atoms with Crippen LogP contribution in [0.2, 0.25) is 0 Å². The van der Waals surface area contributed by atoms with E-state index in [0.29, 0.717) is 37.6 Å². The van der Waals surface area contributed by atoms with Crippen molar-refractivity contribution in [1.29, 1.82) is 0 Å². The number of amides is 4. The number of hydrogen-bond donors (Lipinski definition) is 0. The fourth-order valence-electron chi connectivity index (χ4n) is 11.9. The van der Waals surface area contributed by atoms with Crippen molar-refractivity contribution in [2.24, 2.45) is 10.8 Å². The van der Waals surface area contributed by atoms with E-state index >= 15 is 18.4 Å². The van der Waals surface area contributed by atoms with E-state index in [2.05, 4.69) is 0 Å². The van der Waals surface area contributed by atoms with Crippen molar-refractivity contribution in [2.75, 3.05) is 61.2 Å². The van der Waals surface area contributed by atoms with E-state index in [-0.39, 0.29) is 50.5 Å². The summed E-state index contributed by atoms with van der Waals surface area (Å²) < 4.78 is 78.4. The Morgan fingerprint density at radius 2 is 0.878 bits per heavy atom. The van der Waals surface area contributed by atoms with Crippen LogP contribution in [0.1, 0.15) is 195 Å². The molecule has 5 rings (SSSR count). The molecule has 0 saturated carbocycles. The highest BCUT2D eigenvalue weighted by atomic mass is 19.1. The first kappa shape index (κ1) is 81.6. The van der Waals surface area contributed by atoms with Crippen molar-refractivity contribution < 1.29 is 85.0 Å². The maximum absolute atomic E-state index is 16.2. The van der Waals surface area contributed by atoms with Crippen molar-refractivity contribution in [3.8, 4) is 0 Å². The molecule has 22 heteroatoms. The lowest BCUT2D eigenvalue weighted by Crippen LogP contribution is -2.54. The molecule has 546 valence electrons. The molecule has 3 aromatic carbocycles. The number of alkyl halides is 2. The largest absolute Gasteiger partial charge is 0.458 e. The summed E-state index contributed by atoms with van der Waals surface area (Å²) in [6, 6.07) is 19.1. The number of carbonyl (C=O) groups is 8. The number of halogens is 2. The predicted octanol–water partition coefficient (Wildman–Crippen LogP) is 12.0. The maximum atomic E-state index is 16.2. The highest BCUT2D eigenvalue weighted by Gasteiger charge is 2.44. The molecule has 2 heterocycles. The maximum Gasteiger partial charge on any atom is 0.410 e. The van der Waals surface area contributed by atoms with Crippen LogP contribution < -0.4 is 0 Å². The van der Waals surface area contributed by atoms with Gasteiger partial charge in [-0.15, -0.1) is 0 Å². The number of esters is 4. The fourth-order valence-corrected chi connectivity index (χ4v) is 11.9. The van der Waals surface area contributed by atoms with Crippen LogP contribution in [0.15, 0.2) is 78.9 Å². The molecule has 20 nitrogen and oxygen atoms in total. The Bertz CT molecular complexity index is 3080. The molecule has 0 N–H and O–H groups in total. The van der Waals surface area contributed by atoms with Crippen LogP contribution in [0.5, 0.6) is 0 Å². The zero-order valence-corrected chi connectivity index (χ0v) is 61.7. The molecular weight excluding hydrogens is 1260 g/mol. The number of carbonyl (C=O) groups excluding carboxylic acids is 8. The van der Waals surface area contributed by atoms with Crippen LogP contribution in [0, 0.1) is 10.8 Å². The average Bonchev–Trinajstić information content (AvgIpc) is 0.826. The van der Waals surface area contributed by atoms with Gasteiger partial charge in [0.1, 0.15) is 47.8 Å². The second-order valence-electron chi connectivity index (χ2n) is 31.2. The Balaban J connectivity index is 1.44. The quantitative estimate of drug-likeness (QED) is 0.0431. The van der Waals surface area contributed by atoms with Gasteiger partial charge in [0.2, 0.25) is 0 Å². The van der Waals surface area contributed by atoms with Crippen LogP contribution in [0.4, 0.5) is 13.6 Å². The first-order chi connectivity index (χ1) is 45.5. The Labute approximate surface area is 580 Å². The molecule has 8 atom stereocenters. The van der Waals surface area contributed by atoms with E-state index < -0.39 is 137 Å². The third-order valence-electron chi connectivity index (χ3n) is 17.5. The molecule has 0 aliphatic carbocycles. The molecule has 0 unspecified atom stereocenters. The van der Waals surface area contributed by atoms with Crippen LogP contribution in [0.3, 0.4) is 0 Å². The van der Waals surface area contributed by atoms with Crippen LogP contribution in [-0.4, -0.2) is 194 Å². The first-order valence-electron chi connectivity index (χ1n) is 34.4. The number of benzene rings is 3. The lowest BCUT2D eigenvalue weighted by atomic mass is 9.87. The summed E-state index contributed by atoms with van der Waals surface area (Å²) in [5.74, 6) is -5.45. The van der Waals surface area contributed by atoms with Gasteiger partial charge in [-0.25, -0.2) is 32.8 Å². The Hall–Kier alpha value is -7.04. The second-order valence-corrected chi connectivity index (χ2v) is 31.2. The van der Waals surface area contributed by atoms with Gasteiger partial charge in [-0.2, -0.15) is 0 Å². The summed E-state index contributed by atoms with van der Waals surface area (Å²) in [4.78, 5) is 120. The van der Waals surface area contributed by atoms with E-state index in [1.165, 1.54) is 79.5 Å². The van der Waals surface area contributed by atoms with Gasteiger partial charge in [-0.3, -0.25) is 19.3 Å². The summed E-state index contributed by atoms with van der Waals surface area (Å²) >= 11 is 0. The first-order valence-corrected chi connectivity index (χ1v) is 34.4. The van der Waals surface area contributed by atoms with Crippen molar-refractivity contribution in [2.45, 2.75) is 252 Å². The van der Waals surface area contributed by atoms with Gasteiger partial charge in [-0.1, -0.05) is 120 Å².